The third kappa shape index (κ3) is 2.98. The van der Waals surface area contributed by atoms with E-state index in [-0.39, 0.29) is 16.7 Å². The number of halogens is 1. The molecule has 0 aliphatic heterocycles. The molecule has 0 N–H and O–H groups in total. The molecule has 0 atom stereocenters. The van der Waals surface area contributed by atoms with Gasteiger partial charge in [-0.2, -0.15) is 0 Å². The predicted molar refractivity (Wildman–Crippen MR) is 101 cm³/mol. The summed E-state index contributed by atoms with van der Waals surface area (Å²) in [6.45, 7) is 0. The average Bonchev–Trinajstić information content (AvgIpc) is 2.68. The van der Waals surface area contributed by atoms with Gasteiger partial charge in [0, 0.05) is 18.6 Å². The Kier molecular flexibility index (Phi) is 4.25. The predicted octanol–water partition coefficient (Wildman–Crippen LogP) is 3.39. The van der Waals surface area contributed by atoms with E-state index in [0.717, 1.165) is 5.69 Å². The van der Waals surface area contributed by atoms with E-state index in [1.54, 1.807) is 42.6 Å². The van der Waals surface area contributed by atoms with Crippen molar-refractivity contribution in [3.63, 3.8) is 0 Å². The van der Waals surface area contributed by atoms with Crippen molar-refractivity contribution >= 4 is 34.9 Å². The second kappa shape index (κ2) is 6.85. The molecule has 0 aliphatic rings. The van der Waals surface area contributed by atoms with Crippen molar-refractivity contribution < 1.29 is 0 Å². The van der Waals surface area contributed by atoms with Crippen molar-refractivity contribution in [1.29, 1.82) is 0 Å². The van der Waals surface area contributed by atoms with E-state index in [1.165, 1.54) is 17.0 Å². The van der Waals surface area contributed by atoms with Crippen molar-refractivity contribution in [3.8, 4) is 5.69 Å². The van der Waals surface area contributed by atoms with E-state index in [0.29, 0.717) is 16.5 Å². The fraction of sp³-hybridized carbons (Fsp3) is 0. The molecule has 4 aromatic rings. The van der Waals surface area contributed by atoms with Crippen LogP contribution in [0.15, 0.2) is 65.8 Å². The molecule has 4 rings (SSSR count). The van der Waals surface area contributed by atoms with Gasteiger partial charge < -0.3 is 0 Å². The summed E-state index contributed by atoms with van der Waals surface area (Å²) in [6, 6.07) is 12.7. The Bertz CT molecular complexity index is 1170. The molecule has 0 amide bonds. The largest absolute Gasteiger partial charge is 0.286 e. The van der Waals surface area contributed by atoms with Gasteiger partial charge in [-0.3, -0.25) is 14.3 Å². The number of hydrogen-bond donors (Lipinski definition) is 0. The fourth-order valence-electron chi connectivity index (χ4n) is 2.54. The molecule has 0 radical (unpaired) electrons. The summed E-state index contributed by atoms with van der Waals surface area (Å²) < 4.78 is 1.43. The molecular formula is C19H12ClN5O. The summed E-state index contributed by atoms with van der Waals surface area (Å²) >= 11 is 6.31. The first-order valence-electron chi connectivity index (χ1n) is 7.82. The monoisotopic (exact) mass is 361 g/mol. The Morgan fingerprint density at radius 2 is 1.69 bits per heavy atom. The number of benzene rings is 1. The van der Waals surface area contributed by atoms with Crippen molar-refractivity contribution in [3.05, 3.63) is 87.9 Å². The standard InChI is InChI=1S/C19H12ClN5O/c20-14-6-1-2-7-15(14)25-16(9-8-13-5-3-4-10-21-13)24-18-17(19(25)26)22-11-12-23-18/h1-12H/b9-8+. The number of pyridine rings is 1. The molecule has 6 nitrogen and oxygen atoms in total. The lowest BCUT2D eigenvalue weighted by Gasteiger charge is -2.11. The van der Waals surface area contributed by atoms with Gasteiger partial charge in [0.05, 0.1) is 16.4 Å². The molecule has 7 heteroatoms. The van der Waals surface area contributed by atoms with E-state index in [2.05, 4.69) is 19.9 Å². The Morgan fingerprint density at radius 1 is 0.885 bits per heavy atom. The van der Waals surface area contributed by atoms with Crippen LogP contribution in [0.2, 0.25) is 5.02 Å². The zero-order valence-electron chi connectivity index (χ0n) is 13.5. The molecule has 26 heavy (non-hydrogen) atoms. The molecular weight excluding hydrogens is 350 g/mol. The quantitative estimate of drug-likeness (QED) is 0.559. The van der Waals surface area contributed by atoms with Gasteiger partial charge >= 0.3 is 0 Å². The van der Waals surface area contributed by atoms with Crippen molar-refractivity contribution in [1.82, 2.24) is 24.5 Å². The highest BCUT2D eigenvalue weighted by atomic mass is 35.5. The van der Waals surface area contributed by atoms with E-state index in [1.807, 2.05) is 18.2 Å². The highest BCUT2D eigenvalue weighted by molar-refractivity contribution is 6.32. The molecule has 3 aromatic heterocycles. The van der Waals surface area contributed by atoms with Gasteiger partial charge in [0.25, 0.3) is 5.56 Å². The van der Waals surface area contributed by atoms with Gasteiger partial charge in [-0.15, -0.1) is 0 Å². The molecule has 0 spiro atoms. The Morgan fingerprint density at radius 3 is 2.50 bits per heavy atom. The number of para-hydroxylation sites is 1. The number of hydrogen-bond acceptors (Lipinski definition) is 5. The van der Waals surface area contributed by atoms with Gasteiger partial charge in [0.1, 0.15) is 5.82 Å². The second-order valence-corrected chi connectivity index (χ2v) is 5.79. The van der Waals surface area contributed by atoms with Crippen molar-refractivity contribution in [2.45, 2.75) is 0 Å². The minimum atomic E-state index is -0.336. The third-order valence-electron chi connectivity index (χ3n) is 3.72. The lowest BCUT2D eigenvalue weighted by Crippen LogP contribution is -2.23. The van der Waals surface area contributed by atoms with Crippen LogP contribution < -0.4 is 5.56 Å². The number of nitrogens with zero attached hydrogens (tertiary/aromatic N) is 5. The third-order valence-corrected chi connectivity index (χ3v) is 4.04. The molecule has 0 saturated carbocycles. The van der Waals surface area contributed by atoms with E-state index in [4.69, 9.17) is 11.6 Å². The molecule has 0 saturated heterocycles. The van der Waals surface area contributed by atoms with Crippen LogP contribution in [0.3, 0.4) is 0 Å². The van der Waals surface area contributed by atoms with E-state index >= 15 is 0 Å². The van der Waals surface area contributed by atoms with Gasteiger partial charge in [-0.1, -0.05) is 29.8 Å². The zero-order chi connectivity index (χ0) is 17.9. The zero-order valence-corrected chi connectivity index (χ0v) is 14.2. The number of fused-ring (bicyclic) bond motifs is 1. The van der Waals surface area contributed by atoms with E-state index in [9.17, 15) is 4.79 Å². The number of aromatic nitrogens is 5. The van der Waals surface area contributed by atoms with Gasteiger partial charge in [0.2, 0.25) is 0 Å². The van der Waals surface area contributed by atoms with Gasteiger partial charge in [0.15, 0.2) is 11.2 Å². The molecule has 0 fully saturated rings. The average molecular weight is 362 g/mol. The summed E-state index contributed by atoms with van der Waals surface area (Å²) in [7, 11) is 0. The van der Waals surface area contributed by atoms with Crippen LogP contribution in [0.25, 0.3) is 29.0 Å². The Hall–Kier alpha value is -3.38. The summed E-state index contributed by atoms with van der Waals surface area (Å²) in [5.41, 5.74) is 1.40. The maximum Gasteiger partial charge on any atom is 0.286 e. The second-order valence-electron chi connectivity index (χ2n) is 5.38. The molecule has 3 heterocycles. The highest BCUT2D eigenvalue weighted by Gasteiger charge is 2.14. The van der Waals surface area contributed by atoms with Gasteiger partial charge in [-0.25, -0.2) is 15.0 Å². The highest BCUT2D eigenvalue weighted by Crippen LogP contribution is 2.21. The maximum atomic E-state index is 13.0. The minimum absolute atomic E-state index is 0.183. The van der Waals surface area contributed by atoms with Crippen molar-refractivity contribution in [2.24, 2.45) is 0 Å². The Balaban J connectivity index is 1.99. The summed E-state index contributed by atoms with van der Waals surface area (Å²) in [5.74, 6) is 0.391. The first-order valence-corrected chi connectivity index (χ1v) is 8.19. The van der Waals surface area contributed by atoms with Crippen LogP contribution in [-0.2, 0) is 0 Å². The molecule has 0 bridgehead atoms. The lowest BCUT2D eigenvalue weighted by atomic mass is 10.2. The summed E-state index contributed by atoms with van der Waals surface area (Å²) in [5, 5.41) is 0.437. The first kappa shape index (κ1) is 16.1. The lowest BCUT2D eigenvalue weighted by molar-refractivity contribution is 0.928. The van der Waals surface area contributed by atoms with Crippen LogP contribution in [0, 0.1) is 0 Å². The van der Waals surface area contributed by atoms with Gasteiger partial charge in [-0.05, 0) is 36.4 Å². The molecule has 126 valence electrons. The van der Waals surface area contributed by atoms with Crippen LogP contribution in [0.1, 0.15) is 11.5 Å². The Labute approximate surface area is 153 Å². The van der Waals surface area contributed by atoms with Crippen LogP contribution in [-0.4, -0.2) is 24.5 Å². The first-order chi connectivity index (χ1) is 12.7. The minimum Gasteiger partial charge on any atom is -0.266 e. The van der Waals surface area contributed by atoms with E-state index < -0.39 is 0 Å². The maximum absolute atomic E-state index is 13.0. The van der Waals surface area contributed by atoms with Crippen LogP contribution in [0.4, 0.5) is 0 Å². The van der Waals surface area contributed by atoms with Crippen LogP contribution in [0.5, 0.6) is 0 Å². The SMILES string of the molecule is O=c1c2nccnc2nc(/C=C/c2ccccn2)n1-c1ccccc1Cl. The normalized spacial score (nSPS) is 11.3. The van der Waals surface area contributed by atoms with Crippen LogP contribution >= 0.6 is 11.6 Å². The molecule has 0 aliphatic carbocycles. The number of rotatable bonds is 3. The summed E-state index contributed by atoms with van der Waals surface area (Å²) in [6.07, 6.45) is 8.14. The smallest absolute Gasteiger partial charge is 0.266 e. The molecule has 1 aromatic carbocycles. The molecule has 0 unspecified atom stereocenters. The topological polar surface area (TPSA) is 73.6 Å². The van der Waals surface area contributed by atoms with Crippen molar-refractivity contribution in [2.75, 3.05) is 0 Å². The fourth-order valence-corrected chi connectivity index (χ4v) is 2.76. The summed E-state index contributed by atoms with van der Waals surface area (Å²) in [4.78, 5) is 30.0.